The second-order valence-corrected chi connectivity index (χ2v) is 10.1. The topological polar surface area (TPSA) is 49.4 Å². The van der Waals surface area contributed by atoms with Crippen LogP contribution >= 0.6 is 23.2 Å². The zero-order valence-corrected chi connectivity index (χ0v) is 23.2. The number of hydrogen-bond acceptors (Lipinski definition) is 2. The molecule has 0 fully saturated rings. The lowest BCUT2D eigenvalue weighted by Gasteiger charge is -2.32. The van der Waals surface area contributed by atoms with E-state index in [4.69, 9.17) is 23.2 Å². The van der Waals surface area contributed by atoms with Crippen LogP contribution in [-0.4, -0.2) is 29.3 Å². The largest absolute Gasteiger partial charge is 0.354 e. The lowest BCUT2D eigenvalue weighted by atomic mass is 10.0. The van der Waals surface area contributed by atoms with Crippen molar-refractivity contribution in [3.05, 3.63) is 105 Å². The molecule has 196 valence electrons. The van der Waals surface area contributed by atoms with E-state index in [1.807, 2.05) is 30.3 Å². The number of nitrogens with zero attached hydrogens (tertiary/aromatic N) is 1. The van der Waals surface area contributed by atoms with Gasteiger partial charge in [0.25, 0.3) is 0 Å². The van der Waals surface area contributed by atoms with Gasteiger partial charge in [-0.1, -0.05) is 104 Å². The van der Waals surface area contributed by atoms with Crippen LogP contribution in [0.2, 0.25) is 10.0 Å². The first-order valence-corrected chi connectivity index (χ1v) is 13.8. The Bertz CT molecular complexity index is 1130. The highest BCUT2D eigenvalue weighted by Crippen LogP contribution is 2.27. The molecule has 2 amide bonds. The summed E-state index contributed by atoms with van der Waals surface area (Å²) in [6.07, 6.45) is 4.09. The molecule has 0 radical (unpaired) electrons. The summed E-state index contributed by atoms with van der Waals surface area (Å²) in [7, 11) is 0. The van der Waals surface area contributed by atoms with Gasteiger partial charge < -0.3 is 10.2 Å². The highest BCUT2D eigenvalue weighted by Gasteiger charge is 2.31. The third-order valence-electron chi connectivity index (χ3n) is 6.55. The first-order chi connectivity index (χ1) is 17.9. The first kappa shape index (κ1) is 28.7. The van der Waals surface area contributed by atoms with E-state index in [2.05, 4.69) is 43.4 Å². The summed E-state index contributed by atoms with van der Waals surface area (Å²) in [5.74, 6) is -0.275. The lowest BCUT2D eigenvalue weighted by molar-refractivity contribution is -0.141. The summed E-state index contributed by atoms with van der Waals surface area (Å²) in [6.45, 7) is 4.93. The molecule has 0 aliphatic rings. The van der Waals surface area contributed by atoms with Gasteiger partial charge in [-0.05, 0) is 48.1 Å². The second kappa shape index (κ2) is 14.8. The number of carbonyl (C=O) groups is 2. The van der Waals surface area contributed by atoms with Crippen molar-refractivity contribution in [1.82, 2.24) is 10.2 Å². The molecule has 0 aromatic heterocycles. The molecule has 4 nitrogen and oxygen atoms in total. The summed E-state index contributed by atoms with van der Waals surface area (Å²) in [5.41, 5.74) is 3.98. The predicted molar refractivity (Wildman–Crippen MR) is 153 cm³/mol. The van der Waals surface area contributed by atoms with E-state index in [-0.39, 0.29) is 24.8 Å². The molecule has 0 saturated carbocycles. The van der Waals surface area contributed by atoms with Gasteiger partial charge in [0.15, 0.2) is 0 Å². The fourth-order valence-corrected chi connectivity index (χ4v) is 4.77. The number of carbonyl (C=O) groups excluding carboxylic acids is 2. The molecule has 0 heterocycles. The van der Waals surface area contributed by atoms with Crippen LogP contribution in [0.5, 0.6) is 0 Å². The van der Waals surface area contributed by atoms with Crippen molar-refractivity contribution in [2.24, 2.45) is 0 Å². The van der Waals surface area contributed by atoms with Crippen LogP contribution in [0, 0.1) is 0 Å². The van der Waals surface area contributed by atoms with Crippen molar-refractivity contribution >= 4 is 35.0 Å². The number of aryl methyl sites for hydroxylation is 2. The normalized spacial score (nSPS) is 11.7. The van der Waals surface area contributed by atoms with Crippen molar-refractivity contribution in [1.29, 1.82) is 0 Å². The smallest absolute Gasteiger partial charge is 0.243 e. The molecule has 3 rings (SSSR count). The molecule has 0 aliphatic carbocycles. The third-order valence-corrected chi connectivity index (χ3v) is 7.26. The van der Waals surface area contributed by atoms with Gasteiger partial charge in [-0.25, -0.2) is 0 Å². The molecular formula is C31H36Cl2N2O2. The van der Waals surface area contributed by atoms with Gasteiger partial charge >= 0.3 is 0 Å². The number of unbranched alkanes of at least 4 members (excludes halogenated alkanes) is 1. The quantitative estimate of drug-likeness (QED) is 0.237. The average molecular weight is 540 g/mol. The molecule has 0 spiro atoms. The van der Waals surface area contributed by atoms with Gasteiger partial charge in [-0.2, -0.15) is 0 Å². The Labute approximate surface area is 231 Å². The van der Waals surface area contributed by atoms with Crippen molar-refractivity contribution < 1.29 is 9.59 Å². The molecule has 0 unspecified atom stereocenters. The summed E-state index contributed by atoms with van der Waals surface area (Å²) in [4.78, 5) is 28.9. The van der Waals surface area contributed by atoms with Crippen molar-refractivity contribution in [2.75, 3.05) is 6.54 Å². The predicted octanol–water partition coefficient (Wildman–Crippen LogP) is 7.04. The minimum Gasteiger partial charge on any atom is -0.354 e. The van der Waals surface area contributed by atoms with Crippen LogP contribution in [-0.2, 0) is 35.4 Å². The van der Waals surface area contributed by atoms with E-state index in [9.17, 15) is 9.59 Å². The van der Waals surface area contributed by atoms with Crippen LogP contribution in [0.15, 0.2) is 72.8 Å². The van der Waals surface area contributed by atoms with Crippen LogP contribution in [0.4, 0.5) is 0 Å². The van der Waals surface area contributed by atoms with Crippen LogP contribution in [0.25, 0.3) is 0 Å². The van der Waals surface area contributed by atoms with Crippen molar-refractivity contribution in [3.63, 3.8) is 0 Å². The molecule has 6 heteroatoms. The van der Waals surface area contributed by atoms with E-state index >= 15 is 0 Å². The average Bonchev–Trinajstić information content (AvgIpc) is 2.91. The minimum absolute atomic E-state index is 0.109. The minimum atomic E-state index is -0.693. The monoisotopic (exact) mass is 538 g/mol. The number of hydrogen-bond donors (Lipinski definition) is 1. The van der Waals surface area contributed by atoms with Crippen molar-refractivity contribution in [2.45, 2.75) is 65.0 Å². The van der Waals surface area contributed by atoms with E-state index in [0.29, 0.717) is 35.0 Å². The maximum Gasteiger partial charge on any atom is 0.243 e. The van der Waals surface area contributed by atoms with Gasteiger partial charge in [0.05, 0.1) is 0 Å². The third kappa shape index (κ3) is 8.62. The number of benzene rings is 3. The maximum absolute atomic E-state index is 13.8. The highest BCUT2D eigenvalue weighted by atomic mass is 35.5. The number of rotatable bonds is 13. The Morgan fingerprint density at radius 2 is 1.49 bits per heavy atom. The van der Waals surface area contributed by atoms with E-state index in [1.54, 1.807) is 23.1 Å². The zero-order valence-electron chi connectivity index (χ0n) is 21.7. The molecule has 0 saturated heterocycles. The Hall–Kier alpha value is -2.82. The summed E-state index contributed by atoms with van der Waals surface area (Å²) in [5, 5.41) is 4.00. The second-order valence-electron chi connectivity index (χ2n) is 9.24. The van der Waals surface area contributed by atoms with Gasteiger partial charge in [-0.3, -0.25) is 9.59 Å². The Morgan fingerprint density at radius 3 is 2.11 bits per heavy atom. The maximum atomic E-state index is 13.8. The summed E-state index contributed by atoms with van der Waals surface area (Å²) >= 11 is 13.0. The number of nitrogens with one attached hydrogen (secondary N) is 1. The van der Waals surface area contributed by atoms with Gasteiger partial charge in [0.2, 0.25) is 11.8 Å². The van der Waals surface area contributed by atoms with E-state index in [0.717, 1.165) is 30.4 Å². The van der Waals surface area contributed by atoms with E-state index in [1.165, 1.54) is 5.56 Å². The Balaban J connectivity index is 1.91. The molecule has 0 bridgehead atoms. The van der Waals surface area contributed by atoms with Crippen LogP contribution in [0.1, 0.15) is 55.4 Å². The summed E-state index contributed by atoms with van der Waals surface area (Å²) in [6, 6.07) is 22.7. The Morgan fingerprint density at radius 1 is 0.838 bits per heavy atom. The molecule has 0 aliphatic heterocycles. The highest BCUT2D eigenvalue weighted by molar-refractivity contribution is 6.36. The molecule has 1 N–H and O–H groups in total. The fraction of sp³-hybridized carbons (Fsp3) is 0.355. The van der Waals surface area contributed by atoms with Gasteiger partial charge in [-0.15, -0.1) is 0 Å². The van der Waals surface area contributed by atoms with Gasteiger partial charge in [0.1, 0.15) is 6.04 Å². The standard InChI is InChI=1S/C31H36Cl2N2O2/c1-3-5-20-34-31(37)29(21-25-10-7-6-8-11-25)35(22-26-27(32)12-9-13-28(26)33)30(36)19-18-24-16-14-23(4-2)15-17-24/h6-17,29H,3-5,18-22H2,1-2H3,(H,34,37)/t29-/m1/s1. The number of halogens is 2. The van der Waals surface area contributed by atoms with Crippen LogP contribution < -0.4 is 5.32 Å². The van der Waals surface area contributed by atoms with E-state index < -0.39 is 6.04 Å². The molecule has 3 aromatic carbocycles. The van der Waals surface area contributed by atoms with Crippen LogP contribution in [0.3, 0.4) is 0 Å². The zero-order chi connectivity index (χ0) is 26.6. The summed E-state index contributed by atoms with van der Waals surface area (Å²) < 4.78 is 0. The number of amides is 2. The SMILES string of the molecule is CCCCNC(=O)[C@@H](Cc1ccccc1)N(Cc1c(Cl)cccc1Cl)C(=O)CCc1ccc(CC)cc1. The molecule has 3 aromatic rings. The Kier molecular flexibility index (Phi) is 11.5. The fourth-order valence-electron chi connectivity index (χ4n) is 4.25. The molecule has 37 heavy (non-hydrogen) atoms. The molecule has 1 atom stereocenters. The van der Waals surface area contributed by atoms with Crippen molar-refractivity contribution in [3.8, 4) is 0 Å². The lowest BCUT2D eigenvalue weighted by Crippen LogP contribution is -2.50. The van der Waals surface area contributed by atoms with Gasteiger partial charge in [0, 0.05) is 41.5 Å². The molecular weight excluding hydrogens is 503 g/mol. The first-order valence-electron chi connectivity index (χ1n) is 13.0.